The first-order valence-electron chi connectivity index (χ1n) is 4.88. The van der Waals surface area contributed by atoms with Crippen LogP contribution >= 0.6 is 0 Å². The third-order valence-corrected chi connectivity index (χ3v) is 2.02. The summed E-state index contributed by atoms with van der Waals surface area (Å²) in [5.74, 6) is 0.678. The summed E-state index contributed by atoms with van der Waals surface area (Å²) in [4.78, 5) is 26.1. The van der Waals surface area contributed by atoms with Crippen LogP contribution < -0.4 is 5.32 Å². The van der Waals surface area contributed by atoms with E-state index in [9.17, 15) is 4.79 Å². The van der Waals surface area contributed by atoms with Crippen LogP contribution in [0, 0.1) is 0 Å². The molecule has 2 rings (SSSR count). The van der Waals surface area contributed by atoms with E-state index >= 15 is 0 Å². The lowest BCUT2D eigenvalue weighted by Crippen LogP contribution is -2.26. The molecule has 6 nitrogen and oxygen atoms in total. The minimum Gasteiger partial charge on any atom is -0.351 e. The fraction of sp³-hybridized carbons (Fsp3) is 0.200. The van der Waals surface area contributed by atoms with Crippen LogP contribution in [0.2, 0.25) is 0 Å². The zero-order valence-electron chi connectivity index (χ0n) is 8.55. The van der Waals surface area contributed by atoms with E-state index in [1.54, 1.807) is 12.4 Å². The number of carbonyl (C=O) groups is 1. The molecule has 0 unspecified atom stereocenters. The van der Waals surface area contributed by atoms with Gasteiger partial charge in [-0.25, -0.2) is 15.0 Å². The molecule has 2 aromatic heterocycles. The lowest BCUT2D eigenvalue weighted by atomic mass is 10.3. The Kier molecular flexibility index (Phi) is 3.22. The second-order valence-electron chi connectivity index (χ2n) is 3.17. The number of nitrogens with one attached hydrogen (secondary N) is 2. The molecule has 16 heavy (non-hydrogen) atoms. The van der Waals surface area contributed by atoms with Crippen molar-refractivity contribution in [1.29, 1.82) is 0 Å². The van der Waals surface area contributed by atoms with Crippen molar-refractivity contribution in [3.05, 3.63) is 42.5 Å². The largest absolute Gasteiger partial charge is 0.351 e. The highest BCUT2D eigenvalue weighted by molar-refractivity contribution is 5.93. The highest BCUT2D eigenvalue weighted by atomic mass is 16.1. The van der Waals surface area contributed by atoms with Crippen molar-refractivity contribution >= 4 is 5.91 Å². The van der Waals surface area contributed by atoms with Crippen LogP contribution in [0.25, 0.3) is 0 Å². The number of imidazole rings is 1. The van der Waals surface area contributed by atoms with Crippen LogP contribution in [0.4, 0.5) is 0 Å². The smallest absolute Gasteiger partial charge is 0.254 e. The van der Waals surface area contributed by atoms with Gasteiger partial charge in [0.1, 0.15) is 12.2 Å². The van der Waals surface area contributed by atoms with E-state index in [1.165, 1.54) is 18.7 Å². The number of hydrogen-bond donors (Lipinski definition) is 2. The molecule has 2 aromatic rings. The van der Waals surface area contributed by atoms with Crippen LogP contribution in [-0.4, -0.2) is 32.4 Å². The highest BCUT2D eigenvalue weighted by Gasteiger charge is 2.04. The fourth-order valence-electron chi connectivity index (χ4n) is 1.25. The van der Waals surface area contributed by atoms with Gasteiger partial charge in [0, 0.05) is 37.8 Å². The number of hydrogen-bond acceptors (Lipinski definition) is 4. The Morgan fingerprint density at radius 2 is 2.19 bits per heavy atom. The van der Waals surface area contributed by atoms with E-state index in [1.807, 2.05) is 0 Å². The summed E-state index contributed by atoms with van der Waals surface area (Å²) in [6.07, 6.45) is 8.46. The molecule has 0 fully saturated rings. The molecule has 0 aliphatic carbocycles. The molecule has 0 aliphatic rings. The maximum Gasteiger partial charge on any atom is 0.254 e. The van der Waals surface area contributed by atoms with Gasteiger partial charge >= 0.3 is 0 Å². The maximum atomic E-state index is 11.6. The molecule has 2 heterocycles. The van der Waals surface area contributed by atoms with Crippen molar-refractivity contribution in [3.63, 3.8) is 0 Å². The molecule has 6 heteroatoms. The van der Waals surface area contributed by atoms with Gasteiger partial charge < -0.3 is 10.3 Å². The van der Waals surface area contributed by atoms with E-state index in [-0.39, 0.29) is 5.91 Å². The summed E-state index contributed by atoms with van der Waals surface area (Å²) in [6.45, 7) is 0.529. The molecule has 0 bridgehead atoms. The van der Waals surface area contributed by atoms with Crippen molar-refractivity contribution in [2.45, 2.75) is 6.42 Å². The van der Waals surface area contributed by atoms with Crippen molar-refractivity contribution in [2.75, 3.05) is 6.54 Å². The predicted octanol–water partition coefficient (Wildman–Crippen LogP) is 0.172. The highest BCUT2D eigenvalue weighted by Crippen LogP contribution is 1.93. The summed E-state index contributed by atoms with van der Waals surface area (Å²) in [6, 6.07) is 0. The van der Waals surface area contributed by atoms with Gasteiger partial charge in [0.25, 0.3) is 5.91 Å². The molecule has 0 saturated carbocycles. The number of H-pyrrole nitrogens is 1. The Labute approximate surface area is 92.2 Å². The number of nitrogens with zero attached hydrogens (tertiary/aromatic N) is 3. The first-order valence-corrected chi connectivity index (χ1v) is 4.88. The Morgan fingerprint density at radius 1 is 1.38 bits per heavy atom. The minimum atomic E-state index is -0.174. The summed E-state index contributed by atoms with van der Waals surface area (Å²) in [5.41, 5.74) is 0.460. The quantitative estimate of drug-likeness (QED) is 0.764. The molecule has 1 amide bonds. The van der Waals surface area contributed by atoms with Gasteiger partial charge in [-0.05, 0) is 0 Å². The Morgan fingerprint density at radius 3 is 2.88 bits per heavy atom. The average molecular weight is 217 g/mol. The van der Waals surface area contributed by atoms with Gasteiger partial charge in [-0.2, -0.15) is 0 Å². The van der Waals surface area contributed by atoms with E-state index < -0.39 is 0 Å². The normalized spacial score (nSPS) is 10.0. The van der Waals surface area contributed by atoms with Gasteiger partial charge in [0.15, 0.2) is 0 Å². The van der Waals surface area contributed by atoms with Crippen molar-refractivity contribution < 1.29 is 4.79 Å². The Hall–Kier alpha value is -2.24. The second-order valence-corrected chi connectivity index (χ2v) is 3.17. The predicted molar refractivity (Wildman–Crippen MR) is 56.7 cm³/mol. The molecule has 0 atom stereocenters. The van der Waals surface area contributed by atoms with E-state index in [2.05, 4.69) is 25.3 Å². The van der Waals surface area contributed by atoms with Crippen molar-refractivity contribution in [3.8, 4) is 0 Å². The minimum absolute atomic E-state index is 0.174. The van der Waals surface area contributed by atoms with Gasteiger partial charge in [0.2, 0.25) is 0 Å². The number of aromatic nitrogens is 4. The van der Waals surface area contributed by atoms with Crippen molar-refractivity contribution in [1.82, 2.24) is 25.3 Å². The summed E-state index contributed by atoms with van der Waals surface area (Å²) in [7, 11) is 0. The molecular weight excluding hydrogens is 206 g/mol. The van der Waals surface area contributed by atoms with Gasteiger partial charge in [-0.15, -0.1) is 0 Å². The van der Waals surface area contributed by atoms with E-state index in [4.69, 9.17) is 0 Å². The van der Waals surface area contributed by atoms with Gasteiger partial charge in [-0.1, -0.05) is 0 Å². The summed E-state index contributed by atoms with van der Waals surface area (Å²) >= 11 is 0. The van der Waals surface area contributed by atoms with Gasteiger partial charge in [0.05, 0.1) is 5.56 Å². The topological polar surface area (TPSA) is 83.6 Å². The van der Waals surface area contributed by atoms with Gasteiger partial charge in [-0.3, -0.25) is 4.79 Å². The molecule has 0 radical (unpaired) electrons. The number of aromatic amines is 1. The van der Waals surface area contributed by atoms with Crippen LogP contribution in [0.3, 0.4) is 0 Å². The lowest BCUT2D eigenvalue weighted by Gasteiger charge is -2.02. The number of carbonyl (C=O) groups excluding carboxylic acids is 1. The number of amides is 1. The third-order valence-electron chi connectivity index (χ3n) is 2.02. The molecular formula is C10H11N5O. The zero-order chi connectivity index (χ0) is 11.2. The molecule has 0 aromatic carbocycles. The van der Waals surface area contributed by atoms with Crippen LogP contribution in [0.5, 0.6) is 0 Å². The zero-order valence-corrected chi connectivity index (χ0v) is 8.55. The van der Waals surface area contributed by atoms with Crippen LogP contribution in [0.1, 0.15) is 16.2 Å². The lowest BCUT2D eigenvalue weighted by molar-refractivity contribution is 0.0953. The number of rotatable bonds is 4. The second kappa shape index (κ2) is 5.01. The monoisotopic (exact) mass is 217 g/mol. The first kappa shape index (κ1) is 10.3. The molecule has 0 aliphatic heterocycles. The standard InChI is InChI=1S/C10H11N5O/c16-10(8-5-11-7-12-6-8)15-2-1-9-13-3-4-14-9/h3-7H,1-2H2,(H,13,14)(H,15,16). The molecule has 0 saturated heterocycles. The average Bonchev–Trinajstić information content (AvgIpc) is 2.83. The molecule has 0 spiro atoms. The summed E-state index contributed by atoms with van der Waals surface area (Å²) in [5, 5.41) is 2.76. The van der Waals surface area contributed by atoms with E-state index in [0.717, 1.165) is 5.82 Å². The third kappa shape index (κ3) is 2.63. The summed E-state index contributed by atoms with van der Waals surface area (Å²) < 4.78 is 0. The van der Waals surface area contributed by atoms with Crippen LogP contribution in [0.15, 0.2) is 31.1 Å². The Bertz CT molecular complexity index is 439. The maximum absolute atomic E-state index is 11.6. The van der Waals surface area contributed by atoms with Crippen LogP contribution in [-0.2, 0) is 6.42 Å². The van der Waals surface area contributed by atoms with Crippen molar-refractivity contribution in [2.24, 2.45) is 0 Å². The van der Waals surface area contributed by atoms with E-state index in [0.29, 0.717) is 18.5 Å². The molecule has 2 N–H and O–H groups in total. The Balaban J connectivity index is 1.81. The first-order chi connectivity index (χ1) is 7.86. The fourth-order valence-corrected chi connectivity index (χ4v) is 1.25. The molecule has 82 valence electrons. The SMILES string of the molecule is O=C(NCCc1ncc[nH]1)c1cncnc1.